The van der Waals surface area contributed by atoms with Crippen molar-refractivity contribution in [2.45, 2.75) is 19.8 Å². The Morgan fingerprint density at radius 3 is 2.66 bits per heavy atom. The van der Waals surface area contributed by atoms with Crippen LogP contribution >= 0.6 is 0 Å². The molecule has 150 valence electrons. The molecule has 8 heteroatoms. The van der Waals surface area contributed by atoms with E-state index in [2.05, 4.69) is 55.6 Å². The van der Waals surface area contributed by atoms with Crippen molar-refractivity contribution < 1.29 is 0 Å². The van der Waals surface area contributed by atoms with Gasteiger partial charge < -0.3 is 20.1 Å². The Morgan fingerprint density at radius 1 is 1.03 bits per heavy atom. The molecule has 0 atom stereocenters. The number of anilines is 3. The van der Waals surface area contributed by atoms with Crippen molar-refractivity contribution in [2.75, 3.05) is 43.4 Å². The van der Waals surface area contributed by atoms with Gasteiger partial charge in [0.05, 0.1) is 5.69 Å². The third kappa shape index (κ3) is 3.75. The number of piperazine rings is 1. The first-order chi connectivity index (χ1) is 14.1. The van der Waals surface area contributed by atoms with Crippen molar-refractivity contribution in [3.05, 3.63) is 41.2 Å². The van der Waals surface area contributed by atoms with Gasteiger partial charge in [-0.3, -0.25) is 5.10 Å². The standard InChI is InChI=1S/C21H26N8/c1-14-11-19(27-26-14)23-18-13-20(29-9-7-28(2)8-10-29)25-21(24-18)17-12-15-5-3-4-6-16(15)22-17/h4,6,11-13,22H,3,5,7-10H2,1-2H3,(H2,23,24,25,26,27). The van der Waals surface area contributed by atoms with Gasteiger partial charge in [0.1, 0.15) is 11.6 Å². The Labute approximate surface area is 170 Å². The van der Waals surface area contributed by atoms with Gasteiger partial charge in [0.15, 0.2) is 11.6 Å². The molecular formula is C21H26N8. The molecule has 0 radical (unpaired) electrons. The average Bonchev–Trinajstić information content (AvgIpc) is 3.34. The van der Waals surface area contributed by atoms with E-state index < -0.39 is 0 Å². The van der Waals surface area contributed by atoms with Crippen LogP contribution in [0.1, 0.15) is 23.4 Å². The van der Waals surface area contributed by atoms with Crippen molar-refractivity contribution in [1.82, 2.24) is 30.0 Å². The number of likely N-dealkylation sites (N-methyl/N-ethyl adjacent to an activating group) is 1. The van der Waals surface area contributed by atoms with Crippen LogP contribution in [0.4, 0.5) is 17.5 Å². The minimum atomic E-state index is 0.707. The summed E-state index contributed by atoms with van der Waals surface area (Å²) in [6.07, 6.45) is 6.49. The van der Waals surface area contributed by atoms with Gasteiger partial charge in [0.25, 0.3) is 0 Å². The van der Waals surface area contributed by atoms with E-state index in [-0.39, 0.29) is 0 Å². The smallest absolute Gasteiger partial charge is 0.180 e. The van der Waals surface area contributed by atoms with Gasteiger partial charge in [0, 0.05) is 49.7 Å². The van der Waals surface area contributed by atoms with Crippen LogP contribution in [0, 0.1) is 6.92 Å². The summed E-state index contributed by atoms with van der Waals surface area (Å²) < 4.78 is 0. The summed E-state index contributed by atoms with van der Waals surface area (Å²) in [5, 5.41) is 10.6. The lowest BCUT2D eigenvalue weighted by atomic mass is 10.0. The predicted molar refractivity (Wildman–Crippen MR) is 115 cm³/mol. The van der Waals surface area contributed by atoms with E-state index in [0.29, 0.717) is 5.82 Å². The molecule has 8 nitrogen and oxygen atoms in total. The molecule has 0 amide bonds. The molecule has 1 fully saturated rings. The zero-order chi connectivity index (χ0) is 19.8. The molecular weight excluding hydrogens is 364 g/mol. The molecule has 1 saturated heterocycles. The van der Waals surface area contributed by atoms with E-state index in [4.69, 9.17) is 9.97 Å². The lowest BCUT2D eigenvalue weighted by Gasteiger charge is -2.33. The van der Waals surface area contributed by atoms with Gasteiger partial charge in [0.2, 0.25) is 0 Å². The number of rotatable bonds is 4. The first kappa shape index (κ1) is 17.9. The van der Waals surface area contributed by atoms with Crippen LogP contribution in [0.15, 0.2) is 24.3 Å². The van der Waals surface area contributed by atoms with Crippen LogP contribution in [0.25, 0.3) is 17.6 Å². The number of aromatic amines is 2. The summed E-state index contributed by atoms with van der Waals surface area (Å²) in [6, 6.07) is 6.17. The lowest BCUT2D eigenvalue weighted by molar-refractivity contribution is 0.312. The molecule has 2 aliphatic rings. The molecule has 0 spiro atoms. The Balaban J connectivity index is 1.52. The van der Waals surface area contributed by atoms with Gasteiger partial charge >= 0.3 is 0 Å². The van der Waals surface area contributed by atoms with Gasteiger partial charge in [-0.1, -0.05) is 6.08 Å². The highest BCUT2D eigenvalue weighted by atomic mass is 15.3. The van der Waals surface area contributed by atoms with Crippen LogP contribution in [-0.4, -0.2) is 63.3 Å². The molecule has 3 aromatic rings. The number of aromatic nitrogens is 5. The van der Waals surface area contributed by atoms with Crippen molar-refractivity contribution in [1.29, 1.82) is 0 Å². The average molecular weight is 390 g/mol. The Kier molecular flexibility index (Phi) is 4.55. The van der Waals surface area contributed by atoms with Gasteiger partial charge in [-0.05, 0) is 44.5 Å². The van der Waals surface area contributed by atoms with Gasteiger partial charge in [-0.15, -0.1) is 0 Å². The number of H-pyrrole nitrogens is 2. The maximum atomic E-state index is 4.92. The summed E-state index contributed by atoms with van der Waals surface area (Å²) in [4.78, 5) is 17.9. The number of nitrogens with one attached hydrogen (secondary N) is 3. The number of aryl methyl sites for hydroxylation is 2. The van der Waals surface area contributed by atoms with Crippen LogP contribution in [0.5, 0.6) is 0 Å². The van der Waals surface area contributed by atoms with Crippen LogP contribution in [-0.2, 0) is 6.42 Å². The van der Waals surface area contributed by atoms with Crippen LogP contribution in [0.2, 0.25) is 0 Å². The highest BCUT2D eigenvalue weighted by Gasteiger charge is 2.19. The van der Waals surface area contributed by atoms with Crippen molar-refractivity contribution in [3.8, 4) is 11.5 Å². The molecule has 4 heterocycles. The monoisotopic (exact) mass is 390 g/mol. The first-order valence-electron chi connectivity index (χ1n) is 10.1. The van der Waals surface area contributed by atoms with E-state index in [1.165, 1.54) is 5.56 Å². The highest BCUT2D eigenvalue weighted by Crippen LogP contribution is 2.28. The third-order valence-corrected chi connectivity index (χ3v) is 5.54. The second-order valence-electron chi connectivity index (χ2n) is 7.85. The number of fused-ring (bicyclic) bond motifs is 1. The summed E-state index contributed by atoms with van der Waals surface area (Å²) in [7, 11) is 2.16. The highest BCUT2D eigenvalue weighted by molar-refractivity contribution is 5.66. The number of allylic oxidation sites excluding steroid dienone is 1. The quantitative estimate of drug-likeness (QED) is 0.635. The largest absolute Gasteiger partial charge is 0.354 e. The summed E-state index contributed by atoms with van der Waals surface area (Å²) in [5.41, 5.74) is 4.45. The van der Waals surface area contributed by atoms with Crippen LogP contribution in [0.3, 0.4) is 0 Å². The van der Waals surface area contributed by atoms with Gasteiger partial charge in [-0.2, -0.15) is 5.10 Å². The summed E-state index contributed by atoms with van der Waals surface area (Å²) in [6.45, 7) is 5.95. The van der Waals surface area contributed by atoms with Crippen molar-refractivity contribution in [3.63, 3.8) is 0 Å². The maximum absolute atomic E-state index is 4.92. The minimum absolute atomic E-state index is 0.707. The van der Waals surface area contributed by atoms with E-state index >= 15 is 0 Å². The normalized spacial score (nSPS) is 16.8. The summed E-state index contributed by atoms with van der Waals surface area (Å²) >= 11 is 0. The lowest BCUT2D eigenvalue weighted by Crippen LogP contribution is -2.44. The topological polar surface area (TPSA) is 88.8 Å². The van der Waals surface area contributed by atoms with E-state index in [0.717, 1.165) is 73.6 Å². The molecule has 5 rings (SSSR count). The fourth-order valence-corrected chi connectivity index (χ4v) is 3.86. The zero-order valence-corrected chi connectivity index (χ0v) is 16.9. The molecule has 3 aromatic heterocycles. The Morgan fingerprint density at radius 2 is 1.90 bits per heavy atom. The van der Waals surface area contributed by atoms with Gasteiger partial charge in [-0.25, -0.2) is 9.97 Å². The molecule has 1 aliphatic carbocycles. The van der Waals surface area contributed by atoms with Crippen molar-refractivity contribution in [2.24, 2.45) is 0 Å². The fraction of sp³-hybridized carbons (Fsp3) is 0.381. The number of nitrogens with zero attached hydrogens (tertiary/aromatic N) is 5. The SMILES string of the molecule is Cc1cc(Nc2cc(N3CCN(C)CC3)nc(-c3cc4c([nH]3)C=CCC4)n2)n[nH]1. The second kappa shape index (κ2) is 7.36. The van der Waals surface area contributed by atoms with E-state index in [9.17, 15) is 0 Å². The fourth-order valence-electron chi connectivity index (χ4n) is 3.86. The molecule has 1 aliphatic heterocycles. The third-order valence-electron chi connectivity index (χ3n) is 5.54. The Bertz CT molecular complexity index is 1040. The maximum Gasteiger partial charge on any atom is 0.180 e. The second-order valence-corrected chi connectivity index (χ2v) is 7.85. The zero-order valence-electron chi connectivity index (χ0n) is 16.9. The minimum Gasteiger partial charge on any atom is -0.354 e. The summed E-state index contributed by atoms with van der Waals surface area (Å²) in [5.74, 6) is 3.16. The van der Waals surface area contributed by atoms with Crippen LogP contribution < -0.4 is 10.2 Å². The number of hydrogen-bond donors (Lipinski definition) is 3. The van der Waals surface area contributed by atoms with E-state index in [1.54, 1.807) is 0 Å². The molecule has 3 N–H and O–H groups in total. The Hall–Kier alpha value is -3.13. The molecule has 29 heavy (non-hydrogen) atoms. The first-order valence-corrected chi connectivity index (χ1v) is 10.1. The molecule has 0 aromatic carbocycles. The van der Waals surface area contributed by atoms with E-state index in [1.807, 2.05) is 19.1 Å². The molecule has 0 unspecified atom stereocenters. The van der Waals surface area contributed by atoms with Crippen molar-refractivity contribution >= 4 is 23.5 Å². The molecule has 0 saturated carbocycles. The number of hydrogen-bond acceptors (Lipinski definition) is 6. The predicted octanol–water partition coefficient (Wildman–Crippen LogP) is 2.96. The molecule has 0 bridgehead atoms.